The fraction of sp³-hybridized carbons (Fsp3) is 0.932. The van der Waals surface area contributed by atoms with E-state index in [0.29, 0.717) is 12.0 Å². The van der Waals surface area contributed by atoms with Gasteiger partial charge in [-0.3, -0.25) is 0 Å². The molecule has 1 rings (SSSR count). The van der Waals surface area contributed by atoms with Crippen molar-refractivity contribution in [3.8, 4) is 0 Å². The summed E-state index contributed by atoms with van der Waals surface area (Å²) in [5, 5.41) is 0. The quantitative estimate of drug-likeness (QED) is 0.0550. The molecule has 46 heavy (non-hydrogen) atoms. The molecule has 0 saturated heterocycles. The maximum Gasteiger partial charge on any atom is 0.257 e. The van der Waals surface area contributed by atoms with Gasteiger partial charge in [-0.25, -0.2) is 9.55 Å². The first-order valence-electron chi connectivity index (χ1n) is 21.8. The predicted molar refractivity (Wildman–Crippen MR) is 207 cm³/mol. The van der Waals surface area contributed by atoms with Crippen LogP contribution in [0.4, 0.5) is 0 Å². The molecule has 0 aliphatic carbocycles. The number of H-pyrrole nitrogens is 1. The molecule has 272 valence electrons. The molecular weight excluding hydrogens is 556 g/mol. The zero-order valence-corrected chi connectivity index (χ0v) is 32.5. The van der Waals surface area contributed by atoms with Gasteiger partial charge in [0.05, 0.1) is 12.0 Å². The van der Waals surface area contributed by atoms with Gasteiger partial charge < -0.3 is 0 Å². The molecule has 1 heterocycles. The molecule has 0 radical (unpaired) electrons. The first-order valence-corrected chi connectivity index (χ1v) is 21.8. The van der Waals surface area contributed by atoms with Crippen LogP contribution in [-0.2, 0) is 0 Å². The molecule has 2 nitrogen and oxygen atoms in total. The Balaban J connectivity index is 2.40. The van der Waals surface area contributed by atoms with E-state index >= 15 is 0 Å². The highest BCUT2D eigenvalue weighted by Crippen LogP contribution is 2.27. The van der Waals surface area contributed by atoms with Crippen molar-refractivity contribution >= 4 is 0 Å². The molecule has 0 saturated carbocycles. The third-order valence-corrected chi connectivity index (χ3v) is 10.9. The van der Waals surface area contributed by atoms with Crippen molar-refractivity contribution in [1.82, 2.24) is 4.98 Å². The molecule has 2 heteroatoms. The topological polar surface area (TPSA) is 19.7 Å². The van der Waals surface area contributed by atoms with Crippen LogP contribution in [0.25, 0.3) is 0 Å². The summed E-state index contributed by atoms with van der Waals surface area (Å²) in [6.45, 7) is 9.43. The Morgan fingerprint density at radius 3 is 1.02 bits per heavy atom. The van der Waals surface area contributed by atoms with Crippen LogP contribution >= 0.6 is 0 Å². The smallest absolute Gasteiger partial charge is 0.247 e. The third-order valence-electron chi connectivity index (χ3n) is 10.9. The van der Waals surface area contributed by atoms with Gasteiger partial charge in [-0.1, -0.05) is 220 Å². The number of hydrogen-bond acceptors (Lipinski definition) is 0. The van der Waals surface area contributed by atoms with Crippen LogP contribution in [0, 0.1) is 0 Å². The molecule has 0 bridgehead atoms. The normalized spacial score (nSPS) is 12.5. The molecule has 1 aromatic rings. The molecule has 0 aromatic carbocycles. The van der Waals surface area contributed by atoms with E-state index in [-0.39, 0.29) is 0 Å². The van der Waals surface area contributed by atoms with Gasteiger partial charge in [0.25, 0.3) is 5.82 Å². The average Bonchev–Trinajstić information content (AvgIpc) is 3.56. The van der Waals surface area contributed by atoms with Gasteiger partial charge in [-0.05, 0) is 32.6 Å². The second-order valence-corrected chi connectivity index (χ2v) is 15.4. The molecule has 0 aliphatic rings. The monoisotopic (exact) mass is 644 g/mol. The van der Waals surface area contributed by atoms with Crippen molar-refractivity contribution in [2.45, 2.75) is 264 Å². The van der Waals surface area contributed by atoms with E-state index in [0.717, 1.165) is 0 Å². The molecule has 1 atom stereocenters. The zero-order chi connectivity index (χ0) is 33.2. The Hall–Kier alpha value is -0.790. The first-order chi connectivity index (χ1) is 22.7. The average molecular weight is 644 g/mol. The van der Waals surface area contributed by atoms with Crippen molar-refractivity contribution in [1.29, 1.82) is 0 Å². The van der Waals surface area contributed by atoms with E-state index in [1.165, 1.54) is 225 Å². The number of hydrogen-bond donors (Lipinski definition) is 1. The molecular formula is C44H87N2+. The summed E-state index contributed by atoms with van der Waals surface area (Å²) < 4.78 is 2.65. The summed E-state index contributed by atoms with van der Waals surface area (Å²) in [5.74, 6) is 2.25. The molecule has 1 unspecified atom stereocenters. The lowest BCUT2D eigenvalue weighted by molar-refractivity contribution is -0.727. The summed E-state index contributed by atoms with van der Waals surface area (Å²) in [5.41, 5.74) is 0. The maximum absolute atomic E-state index is 3.77. The molecule has 0 amide bonds. The molecule has 1 N–H and O–H groups in total. The second kappa shape index (κ2) is 34.1. The fourth-order valence-electron chi connectivity index (χ4n) is 7.66. The van der Waals surface area contributed by atoms with Gasteiger partial charge in [0.15, 0.2) is 0 Å². The van der Waals surface area contributed by atoms with Crippen molar-refractivity contribution in [3.05, 3.63) is 18.2 Å². The minimum atomic E-state index is 0.618. The highest BCUT2D eigenvalue weighted by atomic mass is 15.1. The SMILES string of the molecule is CCCCCCCCCCCCCCC(C)[n+]1cc[nH]c1C(CCCCCCCCCCCC)CCCCCCCCCCCC. The maximum atomic E-state index is 3.77. The summed E-state index contributed by atoms with van der Waals surface area (Å²) in [7, 11) is 0. The number of imidazole rings is 1. The number of rotatable bonds is 37. The minimum Gasteiger partial charge on any atom is -0.247 e. The molecule has 1 aromatic heterocycles. The predicted octanol–water partition coefficient (Wildman–Crippen LogP) is 15.7. The highest BCUT2D eigenvalue weighted by Gasteiger charge is 2.25. The lowest BCUT2D eigenvalue weighted by atomic mass is 9.92. The molecule has 0 aliphatic heterocycles. The Kier molecular flexibility index (Phi) is 32.0. The number of aromatic nitrogens is 2. The standard InChI is InChI=1S/C44H86N2/c1-5-8-11-14-17-20-23-24-25-28-31-34-37-42(4)46-41-40-45-44(46)43(38-35-32-29-26-21-18-15-12-9-6-2)39-36-33-30-27-22-19-16-13-10-7-3/h40-43H,5-39H2,1-4H3/p+1. The van der Waals surface area contributed by atoms with Crippen molar-refractivity contribution < 1.29 is 4.57 Å². The van der Waals surface area contributed by atoms with E-state index in [9.17, 15) is 0 Å². The largest absolute Gasteiger partial charge is 0.257 e. The van der Waals surface area contributed by atoms with Crippen molar-refractivity contribution in [3.63, 3.8) is 0 Å². The molecule has 0 fully saturated rings. The van der Waals surface area contributed by atoms with Gasteiger partial charge in [-0.2, -0.15) is 0 Å². The number of unbranched alkanes of at least 4 members (excludes halogenated alkanes) is 29. The van der Waals surface area contributed by atoms with Crippen LogP contribution in [0.3, 0.4) is 0 Å². The van der Waals surface area contributed by atoms with Crippen molar-refractivity contribution in [2.24, 2.45) is 0 Å². The van der Waals surface area contributed by atoms with Crippen LogP contribution in [0.15, 0.2) is 12.4 Å². The number of nitrogens with zero attached hydrogens (tertiary/aromatic N) is 1. The summed E-state index contributed by atoms with van der Waals surface area (Å²) >= 11 is 0. The van der Waals surface area contributed by atoms with E-state index in [1.54, 1.807) is 5.82 Å². The Labute approximate surface area is 291 Å². The fourth-order valence-corrected chi connectivity index (χ4v) is 7.66. The lowest BCUT2D eigenvalue weighted by Gasteiger charge is -2.17. The zero-order valence-electron chi connectivity index (χ0n) is 32.5. The van der Waals surface area contributed by atoms with Crippen LogP contribution < -0.4 is 4.57 Å². The van der Waals surface area contributed by atoms with Crippen LogP contribution in [-0.4, -0.2) is 4.98 Å². The Bertz CT molecular complexity index is 685. The van der Waals surface area contributed by atoms with Gasteiger partial charge >= 0.3 is 0 Å². The highest BCUT2D eigenvalue weighted by molar-refractivity contribution is 4.90. The van der Waals surface area contributed by atoms with Crippen LogP contribution in [0.2, 0.25) is 0 Å². The number of aromatic amines is 1. The first kappa shape index (κ1) is 43.2. The van der Waals surface area contributed by atoms with E-state index in [1.807, 2.05) is 0 Å². The van der Waals surface area contributed by atoms with E-state index in [4.69, 9.17) is 0 Å². The Morgan fingerprint density at radius 1 is 0.413 bits per heavy atom. The van der Waals surface area contributed by atoms with Gasteiger partial charge in [-0.15, -0.1) is 0 Å². The summed E-state index contributed by atoms with van der Waals surface area (Å²) in [6, 6.07) is 0.618. The van der Waals surface area contributed by atoms with Gasteiger partial charge in [0.2, 0.25) is 0 Å². The van der Waals surface area contributed by atoms with E-state index < -0.39 is 0 Å². The van der Waals surface area contributed by atoms with Crippen molar-refractivity contribution in [2.75, 3.05) is 0 Å². The number of nitrogens with one attached hydrogen (secondary N) is 1. The van der Waals surface area contributed by atoms with Gasteiger partial charge in [0, 0.05) is 0 Å². The lowest BCUT2D eigenvalue weighted by Crippen LogP contribution is -2.41. The van der Waals surface area contributed by atoms with E-state index in [2.05, 4.69) is 49.6 Å². The van der Waals surface area contributed by atoms with Crippen LogP contribution in [0.5, 0.6) is 0 Å². The molecule has 0 spiro atoms. The van der Waals surface area contributed by atoms with Gasteiger partial charge in [0.1, 0.15) is 12.4 Å². The minimum absolute atomic E-state index is 0.618. The Morgan fingerprint density at radius 2 is 0.696 bits per heavy atom. The summed E-state index contributed by atoms with van der Waals surface area (Å²) in [6.07, 6.45) is 54.6. The van der Waals surface area contributed by atoms with Crippen LogP contribution in [0.1, 0.15) is 270 Å². The third kappa shape index (κ3) is 25.3. The second-order valence-electron chi connectivity index (χ2n) is 15.4. The summed E-state index contributed by atoms with van der Waals surface area (Å²) in [4.78, 5) is 3.77.